The van der Waals surface area contributed by atoms with E-state index in [0.717, 1.165) is 13.1 Å². The van der Waals surface area contributed by atoms with Crippen molar-refractivity contribution in [2.24, 2.45) is 5.73 Å². The van der Waals surface area contributed by atoms with Crippen LogP contribution < -0.4 is 5.73 Å². The number of sulfonamides is 1. The SMILES string of the molecule is CCN1CCN(S(=O)(=O)c2c(CN)n[nH]c2C)CC1C. The Balaban J connectivity index is 2.30. The van der Waals surface area contributed by atoms with Crippen LogP contribution in [0.3, 0.4) is 0 Å². The lowest BCUT2D eigenvalue weighted by atomic mass is 10.2. The minimum absolute atomic E-state index is 0.114. The Hall–Kier alpha value is -0.960. The minimum atomic E-state index is -3.52. The van der Waals surface area contributed by atoms with E-state index in [-0.39, 0.29) is 17.5 Å². The summed E-state index contributed by atoms with van der Waals surface area (Å²) in [4.78, 5) is 2.52. The summed E-state index contributed by atoms with van der Waals surface area (Å²) in [6, 6.07) is 0.219. The molecule has 7 nitrogen and oxygen atoms in total. The first-order chi connectivity index (χ1) is 9.41. The van der Waals surface area contributed by atoms with Crippen molar-refractivity contribution in [3.05, 3.63) is 11.4 Å². The summed E-state index contributed by atoms with van der Waals surface area (Å²) >= 11 is 0. The first-order valence-corrected chi connectivity index (χ1v) is 8.33. The summed E-state index contributed by atoms with van der Waals surface area (Å²) in [5, 5.41) is 6.70. The van der Waals surface area contributed by atoms with E-state index in [0.29, 0.717) is 24.5 Å². The molecule has 0 aliphatic carbocycles. The maximum absolute atomic E-state index is 12.8. The monoisotopic (exact) mass is 301 g/mol. The first kappa shape index (κ1) is 15.4. The number of aromatic amines is 1. The lowest BCUT2D eigenvalue weighted by Gasteiger charge is -2.38. The molecule has 114 valence electrons. The summed E-state index contributed by atoms with van der Waals surface area (Å²) < 4.78 is 27.1. The molecule has 1 saturated heterocycles. The summed E-state index contributed by atoms with van der Waals surface area (Å²) in [5.41, 5.74) is 6.55. The third-order valence-corrected chi connectivity index (χ3v) is 5.96. The van der Waals surface area contributed by atoms with E-state index in [1.54, 1.807) is 11.2 Å². The van der Waals surface area contributed by atoms with Gasteiger partial charge in [-0.3, -0.25) is 10.00 Å². The van der Waals surface area contributed by atoms with E-state index in [4.69, 9.17) is 5.73 Å². The third kappa shape index (κ3) is 2.60. The average Bonchev–Trinajstić information content (AvgIpc) is 2.80. The number of H-pyrrole nitrogens is 1. The Labute approximate surface area is 120 Å². The molecule has 0 amide bonds. The van der Waals surface area contributed by atoms with Gasteiger partial charge in [0.15, 0.2) is 0 Å². The molecule has 1 unspecified atom stereocenters. The number of hydrogen-bond acceptors (Lipinski definition) is 5. The molecule has 2 rings (SSSR count). The molecule has 1 aromatic rings. The number of nitrogens with two attached hydrogens (primary N) is 1. The van der Waals surface area contributed by atoms with Crippen LogP contribution in [0.4, 0.5) is 0 Å². The van der Waals surface area contributed by atoms with Crippen molar-refractivity contribution in [1.29, 1.82) is 0 Å². The predicted molar refractivity (Wildman–Crippen MR) is 76.7 cm³/mol. The summed E-state index contributed by atoms with van der Waals surface area (Å²) in [6.07, 6.45) is 0. The van der Waals surface area contributed by atoms with Crippen molar-refractivity contribution < 1.29 is 8.42 Å². The highest BCUT2D eigenvalue weighted by Crippen LogP contribution is 2.24. The van der Waals surface area contributed by atoms with Gasteiger partial charge in [0, 0.05) is 32.2 Å². The first-order valence-electron chi connectivity index (χ1n) is 6.89. The van der Waals surface area contributed by atoms with E-state index in [1.165, 1.54) is 0 Å². The van der Waals surface area contributed by atoms with E-state index >= 15 is 0 Å². The molecule has 3 N–H and O–H groups in total. The Morgan fingerprint density at radius 1 is 1.45 bits per heavy atom. The van der Waals surface area contributed by atoms with E-state index < -0.39 is 10.0 Å². The molecular formula is C12H23N5O2S. The maximum atomic E-state index is 12.8. The molecule has 0 bridgehead atoms. The van der Waals surface area contributed by atoms with Gasteiger partial charge in [-0.1, -0.05) is 6.92 Å². The van der Waals surface area contributed by atoms with Gasteiger partial charge in [-0.2, -0.15) is 9.40 Å². The van der Waals surface area contributed by atoms with Crippen LogP contribution >= 0.6 is 0 Å². The highest BCUT2D eigenvalue weighted by Gasteiger charge is 2.34. The van der Waals surface area contributed by atoms with Gasteiger partial charge in [-0.15, -0.1) is 0 Å². The quantitative estimate of drug-likeness (QED) is 0.809. The maximum Gasteiger partial charge on any atom is 0.246 e. The van der Waals surface area contributed by atoms with Crippen LogP contribution in [0.5, 0.6) is 0 Å². The van der Waals surface area contributed by atoms with Crippen LogP contribution in [0.25, 0.3) is 0 Å². The zero-order valence-electron chi connectivity index (χ0n) is 12.3. The van der Waals surface area contributed by atoms with Crippen molar-refractivity contribution in [2.45, 2.75) is 38.3 Å². The van der Waals surface area contributed by atoms with E-state index in [1.807, 2.05) is 0 Å². The van der Waals surface area contributed by atoms with Crippen molar-refractivity contribution in [3.63, 3.8) is 0 Å². The number of nitrogens with one attached hydrogen (secondary N) is 1. The number of hydrogen-bond donors (Lipinski definition) is 2. The van der Waals surface area contributed by atoms with Crippen LogP contribution in [0, 0.1) is 6.92 Å². The largest absolute Gasteiger partial charge is 0.325 e. The third-order valence-electron chi connectivity index (χ3n) is 3.89. The molecule has 0 saturated carbocycles. The number of rotatable bonds is 4. The number of likely N-dealkylation sites (N-methyl/N-ethyl adjacent to an activating group) is 1. The molecular weight excluding hydrogens is 278 g/mol. The molecule has 0 aromatic carbocycles. The van der Waals surface area contributed by atoms with Gasteiger partial charge in [0.05, 0.1) is 11.4 Å². The van der Waals surface area contributed by atoms with Gasteiger partial charge in [-0.25, -0.2) is 8.42 Å². The number of nitrogens with zero attached hydrogens (tertiary/aromatic N) is 3. The Kier molecular flexibility index (Phi) is 4.48. The van der Waals surface area contributed by atoms with E-state index in [9.17, 15) is 8.42 Å². The fraction of sp³-hybridized carbons (Fsp3) is 0.750. The standard InChI is InChI=1S/C12H23N5O2S/c1-4-16-5-6-17(8-9(16)2)20(18,19)12-10(3)14-15-11(12)7-13/h9H,4-8,13H2,1-3H3,(H,14,15). The van der Waals surface area contributed by atoms with Gasteiger partial charge in [0.2, 0.25) is 10.0 Å². The van der Waals surface area contributed by atoms with Crippen molar-refractivity contribution in [3.8, 4) is 0 Å². The smallest absolute Gasteiger partial charge is 0.246 e. The van der Waals surface area contributed by atoms with Gasteiger partial charge in [0.1, 0.15) is 4.90 Å². The van der Waals surface area contributed by atoms with Crippen molar-refractivity contribution in [2.75, 3.05) is 26.2 Å². The van der Waals surface area contributed by atoms with Crippen LogP contribution in [0.1, 0.15) is 25.2 Å². The van der Waals surface area contributed by atoms with Gasteiger partial charge in [-0.05, 0) is 20.4 Å². The summed E-state index contributed by atoms with van der Waals surface area (Å²) in [7, 11) is -3.52. The molecule has 1 aliphatic rings. The van der Waals surface area contributed by atoms with Gasteiger partial charge >= 0.3 is 0 Å². The minimum Gasteiger partial charge on any atom is -0.325 e. The van der Waals surface area contributed by atoms with E-state index in [2.05, 4.69) is 28.9 Å². The fourth-order valence-corrected chi connectivity index (χ4v) is 4.58. The summed E-state index contributed by atoms with van der Waals surface area (Å²) in [6.45, 7) is 8.68. The highest BCUT2D eigenvalue weighted by atomic mass is 32.2. The number of piperazine rings is 1. The second kappa shape index (κ2) is 5.80. The van der Waals surface area contributed by atoms with Crippen LogP contribution in [0.15, 0.2) is 4.90 Å². The molecule has 0 spiro atoms. The topological polar surface area (TPSA) is 95.3 Å². The predicted octanol–water partition coefficient (Wildman–Crippen LogP) is -0.108. The fourth-order valence-electron chi connectivity index (χ4n) is 2.73. The molecule has 1 atom stereocenters. The molecule has 2 heterocycles. The Morgan fingerprint density at radius 2 is 2.15 bits per heavy atom. The van der Waals surface area contributed by atoms with Gasteiger partial charge in [0.25, 0.3) is 0 Å². The number of aryl methyl sites for hydroxylation is 1. The van der Waals surface area contributed by atoms with Crippen molar-refractivity contribution in [1.82, 2.24) is 19.4 Å². The number of aromatic nitrogens is 2. The lowest BCUT2D eigenvalue weighted by Crippen LogP contribution is -2.53. The Morgan fingerprint density at radius 3 is 2.70 bits per heavy atom. The second-order valence-corrected chi connectivity index (χ2v) is 7.04. The summed E-state index contributed by atoms with van der Waals surface area (Å²) in [5.74, 6) is 0. The normalized spacial score (nSPS) is 22.3. The highest BCUT2D eigenvalue weighted by molar-refractivity contribution is 7.89. The molecule has 1 aromatic heterocycles. The molecule has 8 heteroatoms. The lowest BCUT2D eigenvalue weighted by molar-refractivity contribution is 0.135. The van der Waals surface area contributed by atoms with Crippen LogP contribution in [-0.4, -0.2) is 60.0 Å². The zero-order chi connectivity index (χ0) is 14.9. The average molecular weight is 301 g/mol. The zero-order valence-corrected chi connectivity index (χ0v) is 13.1. The molecule has 1 fully saturated rings. The van der Waals surface area contributed by atoms with Crippen molar-refractivity contribution >= 4 is 10.0 Å². The molecule has 0 radical (unpaired) electrons. The van der Waals surface area contributed by atoms with Gasteiger partial charge < -0.3 is 5.73 Å². The van der Waals surface area contributed by atoms with Crippen LogP contribution in [-0.2, 0) is 16.6 Å². The van der Waals surface area contributed by atoms with Crippen LogP contribution in [0.2, 0.25) is 0 Å². The Bertz CT molecular complexity index is 568. The molecule has 20 heavy (non-hydrogen) atoms. The second-order valence-electron chi connectivity index (χ2n) is 5.17. The molecule has 1 aliphatic heterocycles.